The second-order valence-corrected chi connectivity index (χ2v) is 5.34. The van der Waals surface area contributed by atoms with Gasteiger partial charge in [-0.1, -0.05) is 11.6 Å². The highest BCUT2D eigenvalue weighted by Gasteiger charge is 2.13. The number of carbonyl (C=O) groups excluding carboxylic acids is 1. The van der Waals surface area contributed by atoms with Gasteiger partial charge in [-0.25, -0.2) is 0 Å². The van der Waals surface area contributed by atoms with E-state index in [0.29, 0.717) is 27.4 Å². The van der Waals surface area contributed by atoms with Crippen molar-refractivity contribution in [2.24, 2.45) is 0 Å². The van der Waals surface area contributed by atoms with E-state index in [4.69, 9.17) is 16.3 Å². The van der Waals surface area contributed by atoms with E-state index >= 15 is 0 Å². The summed E-state index contributed by atoms with van der Waals surface area (Å²) in [4.78, 5) is 27.7. The summed E-state index contributed by atoms with van der Waals surface area (Å²) >= 11 is 5.92. The van der Waals surface area contributed by atoms with Crippen molar-refractivity contribution in [3.8, 4) is 5.75 Å². The molecule has 2 aromatic carbocycles. The van der Waals surface area contributed by atoms with Crippen molar-refractivity contribution in [3.63, 3.8) is 0 Å². The van der Waals surface area contributed by atoms with Crippen LogP contribution in [0.1, 0.15) is 10.4 Å². The van der Waals surface area contributed by atoms with E-state index in [2.05, 4.69) is 10.3 Å². The van der Waals surface area contributed by atoms with Crippen molar-refractivity contribution in [2.75, 3.05) is 12.4 Å². The van der Waals surface area contributed by atoms with Gasteiger partial charge in [-0.05, 0) is 42.5 Å². The fourth-order valence-electron chi connectivity index (χ4n) is 2.23. The lowest BCUT2D eigenvalue weighted by Gasteiger charge is -2.07. The molecule has 1 aromatic heterocycles. The Hall–Kier alpha value is -2.79. The van der Waals surface area contributed by atoms with Crippen LogP contribution in [0.3, 0.4) is 0 Å². The number of rotatable bonds is 3. The number of hydrogen-bond acceptors (Lipinski definition) is 3. The first-order valence-corrected chi connectivity index (χ1v) is 7.22. The van der Waals surface area contributed by atoms with Gasteiger partial charge in [-0.15, -0.1) is 0 Å². The Morgan fingerprint density at radius 2 is 1.91 bits per heavy atom. The Labute approximate surface area is 136 Å². The Morgan fingerprint density at radius 3 is 2.61 bits per heavy atom. The molecule has 0 unspecified atom stereocenters. The van der Waals surface area contributed by atoms with Crippen LogP contribution < -0.4 is 15.5 Å². The van der Waals surface area contributed by atoms with Crippen LogP contribution in [0.5, 0.6) is 5.75 Å². The summed E-state index contributed by atoms with van der Waals surface area (Å²) in [6.45, 7) is 0. The van der Waals surface area contributed by atoms with E-state index in [9.17, 15) is 9.59 Å². The average molecular weight is 329 g/mol. The Morgan fingerprint density at radius 1 is 1.17 bits per heavy atom. The lowest BCUT2D eigenvalue weighted by Crippen LogP contribution is -2.21. The number of hydrogen-bond donors (Lipinski definition) is 2. The van der Waals surface area contributed by atoms with Crippen LogP contribution in [-0.4, -0.2) is 18.0 Å². The van der Waals surface area contributed by atoms with Gasteiger partial charge in [0.15, 0.2) is 0 Å². The van der Waals surface area contributed by atoms with Gasteiger partial charge in [-0.3, -0.25) is 9.59 Å². The molecule has 23 heavy (non-hydrogen) atoms. The Bertz CT molecular complexity index is 933. The third-order valence-corrected chi connectivity index (χ3v) is 3.67. The molecule has 5 nitrogen and oxygen atoms in total. The Balaban J connectivity index is 1.94. The van der Waals surface area contributed by atoms with Crippen molar-refractivity contribution >= 4 is 34.1 Å². The molecule has 0 aliphatic carbocycles. The number of halogens is 1. The molecule has 1 amide bonds. The van der Waals surface area contributed by atoms with Crippen LogP contribution in [-0.2, 0) is 0 Å². The monoisotopic (exact) mass is 328 g/mol. The number of aromatic amines is 1. The molecule has 3 rings (SSSR count). The smallest absolute Gasteiger partial charge is 0.261 e. The number of H-pyrrole nitrogens is 1. The third-order valence-electron chi connectivity index (χ3n) is 3.44. The molecule has 0 saturated heterocycles. The summed E-state index contributed by atoms with van der Waals surface area (Å²) in [5.41, 5.74) is 0.852. The van der Waals surface area contributed by atoms with Crippen LogP contribution in [0.2, 0.25) is 5.02 Å². The number of anilines is 1. The highest BCUT2D eigenvalue weighted by molar-refractivity contribution is 6.31. The molecule has 1 heterocycles. The molecule has 0 atom stereocenters. The largest absolute Gasteiger partial charge is 0.497 e. The normalized spacial score (nSPS) is 10.5. The molecule has 3 aromatic rings. The fraction of sp³-hybridized carbons (Fsp3) is 0.0588. The molecule has 0 radical (unpaired) electrons. The highest BCUT2D eigenvalue weighted by atomic mass is 35.5. The van der Waals surface area contributed by atoms with Crippen molar-refractivity contribution in [1.29, 1.82) is 0 Å². The summed E-state index contributed by atoms with van der Waals surface area (Å²) in [6.07, 6.45) is 1.40. The molecular weight excluding hydrogens is 316 g/mol. The van der Waals surface area contributed by atoms with Crippen LogP contribution in [0.4, 0.5) is 5.69 Å². The maximum atomic E-state index is 12.5. The number of nitrogens with one attached hydrogen (secondary N) is 2. The summed E-state index contributed by atoms with van der Waals surface area (Å²) in [5, 5.41) is 3.50. The minimum absolute atomic E-state index is 0.0237. The number of carbonyl (C=O) groups is 1. The molecule has 6 heteroatoms. The minimum atomic E-state index is -0.488. The summed E-state index contributed by atoms with van der Waals surface area (Å²) in [5.74, 6) is 0.194. The molecule has 0 aliphatic rings. The van der Waals surface area contributed by atoms with Crippen molar-refractivity contribution in [1.82, 2.24) is 4.98 Å². The quantitative estimate of drug-likeness (QED) is 0.773. The van der Waals surface area contributed by atoms with Crippen LogP contribution in [0.25, 0.3) is 10.9 Å². The van der Waals surface area contributed by atoms with Gasteiger partial charge in [0.1, 0.15) is 11.3 Å². The number of ether oxygens (including phenoxy) is 1. The first-order chi connectivity index (χ1) is 11.1. The standard InChI is InChI=1S/C17H13ClN2O3/c1-23-12-5-3-11(4-6-12)20-17(22)14-9-19-15-7-2-10(18)8-13(15)16(14)21/h2-9H,1H3,(H,19,21)(H,20,22). The van der Waals surface area contributed by atoms with E-state index < -0.39 is 5.91 Å². The fourth-order valence-corrected chi connectivity index (χ4v) is 2.40. The number of pyridine rings is 1. The lowest BCUT2D eigenvalue weighted by atomic mass is 10.1. The predicted octanol–water partition coefficient (Wildman–Crippen LogP) is 3.44. The second kappa shape index (κ2) is 6.14. The van der Waals surface area contributed by atoms with E-state index in [0.717, 1.165) is 0 Å². The number of methoxy groups -OCH3 is 1. The molecule has 0 fully saturated rings. The maximum Gasteiger partial charge on any atom is 0.261 e. The first kappa shape index (κ1) is 15.1. The molecular formula is C17H13ClN2O3. The zero-order valence-corrected chi connectivity index (χ0v) is 13.0. The van der Waals surface area contributed by atoms with Crippen molar-refractivity contribution in [2.45, 2.75) is 0 Å². The summed E-state index contributed by atoms with van der Waals surface area (Å²) in [6, 6.07) is 11.8. The van der Waals surface area contributed by atoms with Gasteiger partial charge in [0.25, 0.3) is 5.91 Å². The molecule has 0 bridgehead atoms. The number of amides is 1. The van der Waals surface area contributed by atoms with Gasteiger partial charge < -0.3 is 15.0 Å². The lowest BCUT2D eigenvalue weighted by molar-refractivity contribution is 0.102. The summed E-state index contributed by atoms with van der Waals surface area (Å²) in [7, 11) is 1.56. The van der Waals surface area contributed by atoms with Gasteiger partial charge in [0.2, 0.25) is 5.43 Å². The molecule has 0 saturated carbocycles. The van der Waals surface area contributed by atoms with Gasteiger partial charge in [0.05, 0.1) is 7.11 Å². The topological polar surface area (TPSA) is 71.2 Å². The van der Waals surface area contributed by atoms with Crippen LogP contribution in [0, 0.1) is 0 Å². The minimum Gasteiger partial charge on any atom is -0.497 e. The SMILES string of the molecule is COc1ccc(NC(=O)c2c[nH]c3ccc(Cl)cc3c2=O)cc1. The zero-order chi connectivity index (χ0) is 16.4. The number of fused-ring (bicyclic) bond motifs is 1. The molecule has 116 valence electrons. The third kappa shape index (κ3) is 3.05. The molecule has 0 spiro atoms. The predicted molar refractivity (Wildman–Crippen MR) is 90.5 cm³/mol. The molecule has 0 aliphatic heterocycles. The van der Waals surface area contributed by atoms with Crippen molar-refractivity contribution < 1.29 is 9.53 Å². The van der Waals surface area contributed by atoms with Gasteiger partial charge in [-0.2, -0.15) is 0 Å². The number of benzene rings is 2. The molecule has 2 N–H and O–H groups in total. The van der Waals surface area contributed by atoms with E-state index in [-0.39, 0.29) is 11.0 Å². The van der Waals surface area contributed by atoms with Crippen molar-refractivity contribution in [3.05, 3.63) is 69.5 Å². The van der Waals surface area contributed by atoms with E-state index in [1.165, 1.54) is 6.20 Å². The average Bonchev–Trinajstić information content (AvgIpc) is 2.56. The maximum absolute atomic E-state index is 12.5. The van der Waals surface area contributed by atoms with Gasteiger partial charge >= 0.3 is 0 Å². The number of aromatic nitrogens is 1. The van der Waals surface area contributed by atoms with E-state index in [1.54, 1.807) is 49.6 Å². The summed E-state index contributed by atoms with van der Waals surface area (Å²) < 4.78 is 5.06. The van der Waals surface area contributed by atoms with Gasteiger partial charge in [0, 0.05) is 27.8 Å². The highest BCUT2D eigenvalue weighted by Crippen LogP contribution is 2.17. The second-order valence-electron chi connectivity index (χ2n) is 4.90. The van der Waals surface area contributed by atoms with Crippen LogP contribution in [0.15, 0.2) is 53.5 Å². The van der Waals surface area contributed by atoms with E-state index in [1.807, 2.05) is 0 Å². The Kier molecular flexibility index (Phi) is 4.04. The van der Waals surface area contributed by atoms with Crippen LogP contribution >= 0.6 is 11.6 Å². The zero-order valence-electron chi connectivity index (χ0n) is 12.2. The first-order valence-electron chi connectivity index (χ1n) is 6.85.